The van der Waals surface area contributed by atoms with E-state index in [1.165, 1.54) is 18.5 Å². The highest BCUT2D eigenvalue weighted by Gasteiger charge is 2.28. The van der Waals surface area contributed by atoms with Crippen molar-refractivity contribution >= 4 is 23.4 Å². The maximum atomic E-state index is 12.6. The van der Waals surface area contributed by atoms with Crippen molar-refractivity contribution < 1.29 is 19.1 Å². The smallest absolute Gasteiger partial charge is 0.253 e. The van der Waals surface area contributed by atoms with Gasteiger partial charge in [-0.15, -0.1) is 0 Å². The van der Waals surface area contributed by atoms with Gasteiger partial charge in [0.2, 0.25) is 5.91 Å². The predicted molar refractivity (Wildman–Crippen MR) is 118 cm³/mol. The predicted octanol–water partition coefficient (Wildman–Crippen LogP) is 3.16. The number of rotatable bonds is 6. The summed E-state index contributed by atoms with van der Waals surface area (Å²) in [5.41, 5.74) is 1.28. The summed E-state index contributed by atoms with van der Waals surface area (Å²) in [5.74, 6) is 0.653. The Bertz CT molecular complexity index is 1100. The molecule has 0 bridgehead atoms. The lowest BCUT2D eigenvalue weighted by atomic mass is 9.98. The number of piperidine rings is 1. The first-order valence-electron chi connectivity index (χ1n) is 10.4. The van der Waals surface area contributed by atoms with Crippen molar-refractivity contribution in [1.82, 2.24) is 20.2 Å². The van der Waals surface area contributed by atoms with E-state index in [0.29, 0.717) is 30.4 Å². The molecule has 1 saturated heterocycles. The number of hydrogen-bond acceptors (Lipinski definition) is 6. The number of halogens is 1. The molecular formula is C23H23ClN4O4. The minimum absolute atomic E-state index is 0.0117. The average molecular weight is 455 g/mol. The second kappa shape index (κ2) is 9.82. The Morgan fingerprint density at radius 3 is 2.81 bits per heavy atom. The second-order valence-electron chi connectivity index (χ2n) is 7.76. The normalized spacial score (nSPS) is 16.0. The van der Waals surface area contributed by atoms with Crippen molar-refractivity contribution in [2.24, 2.45) is 0 Å². The van der Waals surface area contributed by atoms with Gasteiger partial charge in [-0.05, 0) is 36.6 Å². The van der Waals surface area contributed by atoms with Gasteiger partial charge in [0.1, 0.15) is 11.5 Å². The van der Waals surface area contributed by atoms with Crippen LogP contribution in [0.25, 0.3) is 0 Å². The first-order chi connectivity index (χ1) is 15.5. The van der Waals surface area contributed by atoms with Crippen LogP contribution in [0, 0.1) is 0 Å². The van der Waals surface area contributed by atoms with E-state index in [4.69, 9.17) is 16.0 Å². The van der Waals surface area contributed by atoms with Gasteiger partial charge in [-0.2, -0.15) is 0 Å². The molecule has 0 unspecified atom stereocenters. The van der Waals surface area contributed by atoms with Crippen molar-refractivity contribution in [2.45, 2.75) is 25.2 Å². The zero-order valence-electron chi connectivity index (χ0n) is 17.3. The Kier molecular flexibility index (Phi) is 6.70. The fourth-order valence-electron chi connectivity index (χ4n) is 3.72. The highest BCUT2D eigenvalue weighted by molar-refractivity contribution is 6.30. The standard InChI is InChI=1S/C23H23ClN4O4/c24-18-5-3-15(4-6-18)8-20-12-27-23(32-20)16-2-1-7-28(14-16)21(30)13-26-22(31)17-9-19(29)11-25-10-17/h3-6,9-12,16,29H,1-2,7-8,13-14H2,(H,26,31)/t16-/m0/s1. The van der Waals surface area contributed by atoms with Crippen LogP contribution in [0.4, 0.5) is 0 Å². The lowest BCUT2D eigenvalue weighted by Crippen LogP contribution is -2.44. The van der Waals surface area contributed by atoms with E-state index in [2.05, 4.69) is 15.3 Å². The quantitative estimate of drug-likeness (QED) is 0.592. The number of carbonyl (C=O) groups excluding carboxylic acids is 2. The molecule has 1 fully saturated rings. The zero-order valence-corrected chi connectivity index (χ0v) is 18.1. The monoisotopic (exact) mass is 454 g/mol. The van der Waals surface area contributed by atoms with Gasteiger partial charge in [-0.25, -0.2) is 4.98 Å². The third kappa shape index (κ3) is 5.45. The van der Waals surface area contributed by atoms with E-state index in [1.54, 1.807) is 11.1 Å². The molecule has 2 aromatic heterocycles. The number of oxazole rings is 1. The molecular weight excluding hydrogens is 432 g/mol. The van der Waals surface area contributed by atoms with Crippen molar-refractivity contribution in [3.63, 3.8) is 0 Å². The Morgan fingerprint density at radius 1 is 1.22 bits per heavy atom. The molecule has 3 aromatic rings. The maximum absolute atomic E-state index is 12.6. The Balaban J connectivity index is 1.32. The number of aromatic nitrogens is 2. The molecule has 8 nitrogen and oxygen atoms in total. The summed E-state index contributed by atoms with van der Waals surface area (Å²) in [5, 5.41) is 12.7. The molecule has 166 valence electrons. The number of benzene rings is 1. The van der Waals surface area contributed by atoms with Gasteiger partial charge in [0, 0.05) is 30.7 Å². The number of pyridine rings is 1. The summed E-state index contributed by atoms with van der Waals surface area (Å²) in [6, 6.07) is 8.89. The van der Waals surface area contributed by atoms with Crippen LogP contribution in [0.3, 0.4) is 0 Å². The van der Waals surface area contributed by atoms with Gasteiger partial charge in [-0.1, -0.05) is 23.7 Å². The van der Waals surface area contributed by atoms with Gasteiger partial charge >= 0.3 is 0 Å². The van der Waals surface area contributed by atoms with E-state index < -0.39 is 5.91 Å². The molecule has 1 aromatic carbocycles. The van der Waals surface area contributed by atoms with Crippen molar-refractivity contribution in [1.29, 1.82) is 0 Å². The lowest BCUT2D eigenvalue weighted by molar-refractivity contribution is -0.131. The number of amides is 2. The Labute approximate surface area is 190 Å². The van der Waals surface area contributed by atoms with Crippen LogP contribution in [0.15, 0.2) is 53.3 Å². The average Bonchev–Trinajstić information content (AvgIpc) is 3.27. The van der Waals surface area contributed by atoms with Gasteiger partial charge in [-0.3, -0.25) is 14.6 Å². The van der Waals surface area contributed by atoms with Crippen LogP contribution in [0.2, 0.25) is 5.02 Å². The molecule has 2 amide bonds. The van der Waals surface area contributed by atoms with Gasteiger partial charge < -0.3 is 19.7 Å². The van der Waals surface area contributed by atoms with Crippen LogP contribution < -0.4 is 5.32 Å². The summed E-state index contributed by atoms with van der Waals surface area (Å²) >= 11 is 5.93. The van der Waals surface area contributed by atoms with E-state index in [-0.39, 0.29) is 29.7 Å². The molecule has 1 aliphatic rings. The molecule has 4 rings (SSSR count). The SMILES string of the molecule is O=C(NCC(=O)N1CCC[C@H](c2ncc(Cc3ccc(Cl)cc3)o2)C1)c1cncc(O)c1. The van der Waals surface area contributed by atoms with Crippen molar-refractivity contribution in [2.75, 3.05) is 19.6 Å². The first kappa shape index (κ1) is 21.8. The number of hydrogen-bond donors (Lipinski definition) is 2. The van der Waals surface area contributed by atoms with Crippen LogP contribution in [-0.2, 0) is 11.2 Å². The van der Waals surface area contributed by atoms with E-state index >= 15 is 0 Å². The first-order valence-corrected chi connectivity index (χ1v) is 10.7. The van der Waals surface area contributed by atoms with E-state index in [0.717, 1.165) is 24.2 Å². The summed E-state index contributed by atoms with van der Waals surface area (Å²) in [6.07, 6.45) is 6.63. The summed E-state index contributed by atoms with van der Waals surface area (Å²) < 4.78 is 5.97. The molecule has 0 spiro atoms. The topological polar surface area (TPSA) is 109 Å². The van der Waals surface area contributed by atoms with Crippen molar-refractivity contribution in [3.05, 3.63) is 76.7 Å². The fourth-order valence-corrected chi connectivity index (χ4v) is 3.85. The molecule has 32 heavy (non-hydrogen) atoms. The Morgan fingerprint density at radius 2 is 2.03 bits per heavy atom. The van der Waals surface area contributed by atoms with E-state index in [1.807, 2.05) is 24.3 Å². The van der Waals surface area contributed by atoms with Crippen LogP contribution >= 0.6 is 11.6 Å². The minimum atomic E-state index is -0.463. The molecule has 1 aliphatic heterocycles. The van der Waals surface area contributed by atoms with E-state index in [9.17, 15) is 14.7 Å². The highest BCUT2D eigenvalue weighted by Crippen LogP contribution is 2.27. The highest BCUT2D eigenvalue weighted by atomic mass is 35.5. The van der Waals surface area contributed by atoms with Crippen LogP contribution in [0.1, 0.15) is 46.3 Å². The summed E-state index contributed by atoms with van der Waals surface area (Å²) in [7, 11) is 0. The summed E-state index contributed by atoms with van der Waals surface area (Å²) in [6.45, 7) is 0.981. The second-order valence-corrected chi connectivity index (χ2v) is 8.20. The number of nitrogens with one attached hydrogen (secondary N) is 1. The molecule has 2 N–H and O–H groups in total. The molecule has 1 atom stereocenters. The molecule has 3 heterocycles. The Hall–Kier alpha value is -3.39. The largest absolute Gasteiger partial charge is 0.506 e. The number of likely N-dealkylation sites (tertiary alicyclic amines) is 1. The van der Waals surface area contributed by atoms with Gasteiger partial charge in [0.25, 0.3) is 5.91 Å². The van der Waals surface area contributed by atoms with Gasteiger partial charge in [0.15, 0.2) is 5.89 Å². The van der Waals surface area contributed by atoms with Crippen LogP contribution in [-0.4, -0.2) is 51.4 Å². The molecule has 0 aliphatic carbocycles. The molecule has 0 saturated carbocycles. The summed E-state index contributed by atoms with van der Waals surface area (Å²) in [4.78, 5) is 34.7. The van der Waals surface area contributed by atoms with Gasteiger partial charge in [0.05, 0.1) is 30.4 Å². The maximum Gasteiger partial charge on any atom is 0.253 e. The third-order valence-electron chi connectivity index (χ3n) is 5.37. The fraction of sp³-hybridized carbons (Fsp3) is 0.304. The van der Waals surface area contributed by atoms with Crippen molar-refractivity contribution in [3.8, 4) is 5.75 Å². The number of aromatic hydroxyl groups is 1. The lowest BCUT2D eigenvalue weighted by Gasteiger charge is -2.31. The van der Waals surface area contributed by atoms with Crippen LogP contribution in [0.5, 0.6) is 5.75 Å². The number of carbonyl (C=O) groups is 2. The molecule has 9 heteroatoms. The zero-order chi connectivity index (χ0) is 22.5. The minimum Gasteiger partial charge on any atom is -0.506 e. The third-order valence-corrected chi connectivity index (χ3v) is 5.62. The number of nitrogens with zero attached hydrogens (tertiary/aromatic N) is 3. The molecule has 0 radical (unpaired) electrons.